The van der Waals surface area contributed by atoms with Crippen LogP contribution in [0.25, 0.3) is 82.1 Å². The molecule has 11 aromatic rings. The number of nitrogens with zero attached hydrogens (tertiary/aromatic N) is 2. The molecule has 0 saturated carbocycles. The first kappa shape index (κ1) is 29.6. The highest BCUT2D eigenvalue weighted by molar-refractivity contribution is 6.19. The smallest absolute Gasteiger partial charge is 0.159 e. The van der Waals surface area contributed by atoms with Crippen molar-refractivity contribution in [2.75, 3.05) is 4.90 Å². The molecule has 0 radical (unpaired) electrons. The van der Waals surface area contributed by atoms with Crippen molar-refractivity contribution in [1.82, 2.24) is 4.57 Å². The Labute approximate surface area is 306 Å². The average molecular weight is 677 g/mol. The van der Waals surface area contributed by atoms with Gasteiger partial charge >= 0.3 is 0 Å². The second-order valence-electron chi connectivity index (χ2n) is 13.7. The summed E-state index contributed by atoms with van der Waals surface area (Å²) in [5.41, 5.74) is 10.8. The number of para-hydroxylation sites is 3. The number of furan rings is 1. The molecule has 248 valence electrons. The quantitative estimate of drug-likeness (QED) is 0.181. The molecule has 0 amide bonds. The minimum atomic E-state index is 0.867. The molecule has 0 fully saturated rings. The number of hydrogen-bond donors (Lipinski definition) is 0. The van der Waals surface area contributed by atoms with E-state index in [4.69, 9.17) is 4.42 Å². The van der Waals surface area contributed by atoms with Gasteiger partial charge in [0.05, 0.1) is 22.4 Å². The van der Waals surface area contributed by atoms with Gasteiger partial charge in [0, 0.05) is 43.7 Å². The molecule has 0 unspecified atom stereocenters. The molecule has 0 atom stereocenters. The van der Waals surface area contributed by atoms with E-state index in [0.29, 0.717) is 0 Å². The van der Waals surface area contributed by atoms with Crippen LogP contribution >= 0.6 is 0 Å². The van der Waals surface area contributed by atoms with E-state index in [0.717, 1.165) is 55.5 Å². The molecule has 3 heteroatoms. The summed E-state index contributed by atoms with van der Waals surface area (Å²) in [4.78, 5) is 2.36. The van der Waals surface area contributed by atoms with Gasteiger partial charge in [-0.05, 0) is 70.4 Å². The summed E-state index contributed by atoms with van der Waals surface area (Å²) in [7, 11) is 0. The van der Waals surface area contributed by atoms with E-state index in [-0.39, 0.29) is 0 Å². The van der Waals surface area contributed by atoms with Gasteiger partial charge < -0.3 is 13.9 Å². The first-order chi connectivity index (χ1) is 26.3. The molecule has 0 bridgehead atoms. The summed E-state index contributed by atoms with van der Waals surface area (Å²) in [5.74, 6) is 0. The van der Waals surface area contributed by atoms with E-state index in [9.17, 15) is 0 Å². The summed E-state index contributed by atoms with van der Waals surface area (Å²) in [6, 6.07) is 69.7. The largest absolute Gasteiger partial charge is 0.454 e. The van der Waals surface area contributed by atoms with Crippen LogP contribution in [-0.2, 0) is 0 Å². The van der Waals surface area contributed by atoms with Gasteiger partial charge in [-0.3, -0.25) is 0 Å². The molecule has 0 aliphatic rings. The topological polar surface area (TPSA) is 21.3 Å². The van der Waals surface area contributed by atoms with Crippen LogP contribution in [0.3, 0.4) is 0 Å². The van der Waals surface area contributed by atoms with Crippen molar-refractivity contribution in [3.05, 3.63) is 194 Å². The zero-order valence-corrected chi connectivity index (χ0v) is 28.8. The van der Waals surface area contributed by atoms with Crippen molar-refractivity contribution in [2.45, 2.75) is 0 Å². The number of anilines is 3. The van der Waals surface area contributed by atoms with E-state index < -0.39 is 0 Å². The first-order valence-electron chi connectivity index (χ1n) is 18.1. The van der Waals surface area contributed by atoms with E-state index in [2.05, 4.69) is 198 Å². The molecular formula is C50H32N2O. The van der Waals surface area contributed by atoms with E-state index in [1.807, 2.05) is 6.07 Å². The van der Waals surface area contributed by atoms with Gasteiger partial charge in [-0.2, -0.15) is 0 Å². The Bertz CT molecular complexity index is 3170. The van der Waals surface area contributed by atoms with Gasteiger partial charge in [0.1, 0.15) is 5.58 Å². The molecule has 0 aliphatic heterocycles. The highest BCUT2D eigenvalue weighted by Gasteiger charge is 2.22. The van der Waals surface area contributed by atoms with Crippen molar-refractivity contribution in [3.63, 3.8) is 0 Å². The van der Waals surface area contributed by atoms with Gasteiger partial charge in [0.2, 0.25) is 0 Å². The normalized spacial score (nSPS) is 11.8. The minimum absolute atomic E-state index is 0.867. The predicted octanol–water partition coefficient (Wildman–Crippen LogP) is 14.1. The zero-order valence-electron chi connectivity index (χ0n) is 28.8. The number of aromatic nitrogens is 1. The second kappa shape index (κ2) is 11.7. The summed E-state index contributed by atoms with van der Waals surface area (Å²) in [6.45, 7) is 0. The number of fused-ring (bicyclic) bond motifs is 9. The minimum Gasteiger partial charge on any atom is -0.454 e. The van der Waals surface area contributed by atoms with Gasteiger partial charge in [-0.15, -0.1) is 0 Å². The molecular weight excluding hydrogens is 645 g/mol. The van der Waals surface area contributed by atoms with Gasteiger partial charge in [-0.1, -0.05) is 146 Å². The van der Waals surface area contributed by atoms with Crippen molar-refractivity contribution in [1.29, 1.82) is 0 Å². The fraction of sp³-hybridized carbons (Fsp3) is 0. The maximum absolute atomic E-state index is 6.65. The number of benzene rings is 9. The maximum atomic E-state index is 6.65. The second-order valence-corrected chi connectivity index (χ2v) is 13.7. The van der Waals surface area contributed by atoms with E-state index in [1.165, 1.54) is 43.7 Å². The van der Waals surface area contributed by atoms with Crippen molar-refractivity contribution >= 4 is 82.4 Å². The lowest BCUT2D eigenvalue weighted by Crippen LogP contribution is -2.11. The SMILES string of the molecule is c1ccc(-c2ccc(N(c3cccc4cc(-n5c6ccccc6c6ccc7ccccc7c65)ccc34)c3cccc4c3oc3ccccc34)cc2)cc1. The van der Waals surface area contributed by atoms with Crippen LogP contribution < -0.4 is 4.90 Å². The zero-order chi connectivity index (χ0) is 34.9. The van der Waals surface area contributed by atoms with Crippen LogP contribution in [0, 0.1) is 0 Å². The molecule has 2 heterocycles. The predicted molar refractivity (Wildman–Crippen MR) is 223 cm³/mol. The third kappa shape index (κ3) is 4.61. The highest BCUT2D eigenvalue weighted by atomic mass is 16.3. The molecule has 11 rings (SSSR count). The van der Waals surface area contributed by atoms with Crippen LogP contribution in [0.4, 0.5) is 17.1 Å². The Morgan fingerprint density at radius 2 is 1.06 bits per heavy atom. The molecule has 2 aromatic heterocycles. The number of rotatable bonds is 5. The molecule has 53 heavy (non-hydrogen) atoms. The Morgan fingerprint density at radius 3 is 1.94 bits per heavy atom. The molecule has 0 aliphatic carbocycles. The van der Waals surface area contributed by atoms with Gasteiger partial charge in [0.15, 0.2) is 5.58 Å². The standard InChI is InChI=1S/C50H32N2O/c1-2-12-33(13-3-1)34-24-27-37(28-25-34)51(47-22-11-19-44-42-18-7-9-23-48(42)53-50(44)47)45-21-10-15-36-32-38(29-31-39(36)45)52-46-20-8-6-17-41(46)43-30-26-35-14-4-5-16-40(35)49(43)52/h1-32H. The maximum Gasteiger partial charge on any atom is 0.159 e. The third-order valence-electron chi connectivity index (χ3n) is 10.8. The molecule has 3 nitrogen and oxygen atoms in total. The van der Waals surface area contributed by atoms with Crippen LogP contribution in [0.15, 0.2) is 199 Å². The lowest BCUT2D eigenvalue weighted by Gasteiger charge is -2.27. The summed E-state index contributed by atoms with van der Waals surface area (Å²) < 4.78 is 9.09. The molecule has 0 N–H and O–H groups in total. The van der Waals surface area contributed by atoms with Crippen molar-refractivity contribution in [2.24, 2.45) is 0 Å². The summed E-state index contributed by atoms with van der Waals surface area (Å²) in [6.07, 6.45) is 0. The molecule has 0 saturated heterocycles. The van der Waals surface area contributed by atoms with E-state index >= 15 is 0 Å². The van der Waals surface area contributed by atoms with Crippen LogP contribution in [0.5, 0.6) is 0 Å². The monoisotopic (exact) mass is 676 g/mol. The summed E-state index contributed by atoms with van der Waals surface area (Å²) in [5, 5.41) is 9.54. The van der Waals surface area contributed by atoms with E-state index in [1.54, 1.807) is 0 Å². The first-order valence-corrected chi connectivity index (χ1v) is 18.1. The van der Waals surface area contributed by atoms with Crippen LogP contribution in [0.1, 0.15) is 0 Å². The molecule has 0 spiro atoms. The lowest BCUT2D eigenvalue weighted by atomic mass is 10.0. The Hall–Kier alpha value is -7.10. The Kier molecular flexibility index (Phi) is 6.55. The fourth-order valence-electron chi connectivity index (χ4n) is 8.34. The van der Waals surface area contributed by atoms with Gasteiger partial charge in [0.25, 0.3) is 0 Å². The number of hydrogen-bond acceptors (Lipinski definition) is 2. The van der Waals surface area contributed by atoms with Crippen molar-refractivity contribution in [3.8, 4) is 16.8 Å². The van der Waals surface area contributed by atoms with Gasteiger partial charge in [-0.25, -0.2) is 0 Å². The summed E-state index contributed by atoms with van der Waals surface area (Å²) >= 11 is 0. The fourth-order valence-corrected chi connectivity index (χ4v) is 8.34. The average Bonchev–Trinajstić information content (AvgIpc) is 3.78. The van der Waals surface area contributed by atoms with Crippen molar-refractivity contribution < 1.29 is 4.42 Å². The third-order valence-corrected chi connectivity index (χ3v) is 10.8. The highest BCUT2D eigenvalue weighted by Crippen LogP contribution is 2.45. The van der Waals surface area contributed by atoms with Crippen LogP contribution in [-0.4, -0.2) is 4.57 Å². The Morgan fingerprint density at radius 1 is 0.396 bits per heavy atom. The van der Waals surface area contributed by atoms with Crippen LogP contribution in [0.2, 0.25) is 0 Å². The lowest BCUT2D eigenvalue weighted by molar-refractivity contribution is 0.669. The Balaban J connectivity index is 1.14. The molecule has 9 aromatic carbocycles.